The molecular weight excluding hydrogens is 929 g/mol. The third-order valence-electron chi connectivity index (χ3n) is 12.0. The first-order chi connectivity index (χ1) is 34.3. The van der Waals surface area contributed by atoms with Gasteiger partial charge in [-0.25, -0.2) is 0 Å². The molecular formula is C58H62N4O7S2. The third kappa shape index (κ3) is 14.1. The fourth-order valence-electron chi connectivity index (χ4n) is 8.44. The molecule has 6 aromatic rings. The van der Waals surface area contributed by atoms with E-state index in [4.69, 9.17) is 0 Å². The second-order valence-corrected chi connectivity index (χ2v) is 19.9. The summed E-state index contributed by atoms with van der Waals surface area (Å²) < 4.78 is -1.37. The molecule has 0 aliphatic rings. The summed E-state index contributed by atoms with van der Waals surface area (Å²) >= 11 is 3.22. The minimum Gasteiger partial charge on any atom is -0.480 e. The van der Waals surface area contributed by atoms with Crippen LogP contribution >= 0.6 is 23.5 Å². The van der Waals surface area contributed by atoms with Crippen LogP contribution in [0.15, 0.2) is 194 Å². The maximum atomic E-state index is 14.4. The summed E-state index contributed by atoms with van der Waals surface area (Å²) in [6.07, 6.45) is 2.62. The summed E-state index contributed by atoms with van der Waals surface area (Å²) in [6, 6.07) is 57.1. The zero-order valence-electron chi connectivity index (χ0n) is 40.1. The number of benzene rings is 6. The molecule has 0 fully saturated rings. The molecule has 4 atom stereocenters. The van der Waals surface area contributed by atoms with Gasteiger partial charge in [0.2, 0.25) is 23.6 Å². The van der Waals surface area contributed by atoms with Crippen LogP contribution in [0.25, 0.3) is 0 Å². The van der Waals surface area contributed by atoms with Crippen LogP contribution in [0.5, 0.6) is 0 Å². The van der Waals surface area contributed by atoms with Crippen LogP contribution < -0.4 is 21.3 Å². The third-order valence-corrected chi connectivity index (χ3v) is 15.2. The van der Waals surface area contributed by atoms with Gasteiger partial charge in [0.1, 0.15) is 24.7 Å². The number of aliphatic hydroxyl groups excluding tert-OH is 1. The highest BCUT2D eigenvalue weighted by Gasteiger charge is 2.40. The van der Waals surface area contributed by atoms with Crippen LogP contribution in [0.2, 0.25) is 0 Å². The minimum absolute atomic E-state index is 0.00342. The van der Waals surface area contributed by atoms with Gasteiger partial charge in [0.15, 0.2) is 0 Å². The summed E-state index contributed by atoms with van der Waals surface area (Å²) in [5.41, 5.74) is 6.21. The summed E-state index contributed by atoms with van der Waals surface area (Å²) in [7, 11) is 0. The Bertz CT molecular complexity index is 2470. The van der Waals surface area contributed by atoms with Gasteiger partial charge in [-0.15, -0.1) is 23.5 Å². The van der Waals surface area contributed by atoms with Gasteiger partial charge in [-0.05, 0) is 58.4 Å². The number of hydrogen-bond acceptors (Lipinski definition) is 8. The quantitative estimate of drug-likeness (QED) is 0.0187. The lowest BCUT2D eigenvalue weighted by Gasteiger charge is -2.37. The molecule has 368 valence electrons. The zero-order chi connectivity index (χ0) is 50.6. The number of carboxylic acid groups (broad SMARTS) is 1. The number of carboxylic acids is 1. The van der Waals surface area contributed by atoms with Gasteiger partial charge < -0.3 is 31.5 Å². The monoisotopic (exact) mass is 990 g/mol. The van der Waals surface area contributed by atoms with Crippen molar-refractivity contribution in [3.63, 3.8) is 0 Å². The Morgan fingerprint density at radius 3 is 1.31 bits per heavy atom. The van der Waals surface area contributed by atoms with E-state index in [0.717, 1.165) is 33.4 Å². The summed E-state index contributed by atoms with van der Waals surface area (Å²) in [5, 5.41) is 30.8. The molecule has 0 aliphatic heterocycles. The number of thioether (sulfide) groups is 2. The van der Waals surface area contributed by atoms with Crippen LogP contribution in [0.4, 0.5) is 0 Å². The van der Waals surface area contributed by atoms with Crippen molar-refractivity contribution in [1.82, 2.24) is 21.3 Å². The number of carbonyl (C=O) groups is 5. The normalized spacial score (nSPS) is 13.4. The first-order valence-corrected chi connectivity index (χ1v) is 25.7. The fourth-order valence-corrected chi connectivity index (χ4v) is 11.5. The van der Waals surface area contributed by atoms with Gasteiger partial charge in [-0.3, -0.25) is 24.0 Å². The van der Waals surface area contributed by atoms with Gasteiger partial charge in [-0.2, -0.15) is 0 Å². The molecule has 4 amide bonds. The molecule has 6 rings (SSSR count). The fraction of sp³-hybridized carbons (Fsp3) is 0.259. The first-order valence-electron chi connectivity index (χ1n) is 23.7. The van der Waals surface area contributed by atoms with Crippen molar-refractivity contribution in [3.8, 4) is 0 Å². The van der Waals surface area contributed by atoms with E-state index in [1.165, 1.54) is 18.7 Å². The smallest absolute Gasteiger partial charge is 0.322 e. The number of allylic oxidation sites excluding steroid dienone is 1. The molecule has 71 heavy (non-hydrogen) atoms. The van der Waals surface area contributed by atoms with Crippen LogP contribution in [-0.4, -0.2) is 82.1 Å². The lowest BCUT2D eigenvalue weighted by Crippen LogP contribution is -2.58. The number of carbonyl (C=O) groups excluding carboxylic acids is 4. The molecule has 0 saturated carbocycles. The average molecular weight is 991 g/mol. The van der Waals surface area contributed by atoms with Crippen LogP contribution in [0.3, 0.4) is 0 Å². The molecule has 0 radical (unpaired) electrons. The highest BCUT2D eigenvalue weighted by Crippen LogP contribution is 2.50. The predicted molar refractivity (Wildman–Crippen MR) is 285 cm³/mol. The SMILES string of the molecule is CC(C)[C@@H](NC(=O)[C@@H](CSC(c1ccccc1)(c1ccccc1)c1ccccc1)NC(=O)[C@@H](C)NC(=O)C[C@H](O)C=CCCSC(c1ccccc1)(c1ccccc1)c1ccccc1)C(=O)NCC(=O)O. The summed E-state index contributed by atoms with van der Waals surface area (Å²) in [6.45, 7) is 4.29. The molecule has 0 spiro atoms. The van der Waals surface area contributed by atoms with Gasteiger partial charge in [0.05, 0.1) is 22.0 Å². The Labute approximate surface area is 425 Å². The van der Waals surface area contributed by atoms with E-state index in [1.54, 1.807) is 31.7 Å². The maximum Gasteiger partial charge on any atom is 0.322 e. The molecule has 0 bridgehead atoms. The number of rotatable bonds is 25. The van der Waals surface area contributed by atoms with Crippen molar-refractivity contribution in [1.29, 1.82) is 0 Å². The van der Waals surface area contributed by atoms with Gasteiger partial charge in [0.25, 0.3) is 0 Å². The van der Waals surface area contributed by atoms with E-state index in [-0.39, 0.29) is 12.2 Å². The predicted octanol–water partition coefficient (Wildman–Crippen LogP) is 8.47. The maximum absolute atomic E-state index is 14.4. The molecule has 0 saturated heterocycles. The van der Waals surface area contributed by atoms with Crippen molar-refractivity contribution in [2.24, 2.45) is 5.92 Å². The Hall–Kier alpha value is -6.93. The van der Waals surface area contributed by atoms with E-state index in [0.29, 0.717) is 12.2 Å². The first kappa shape index (κ1) is 53.4. The highest BCUT2D eigenvalue weighted by atomic mass is 32.2. The Kier molecular flexibility index (Phi) is 19.8. The highest BCUT2D eigenvalue weighted by molar-refractivity contribution is 8.00. The van der Waals surface area contributed by atoms with Crippen LogP contribution in [0, 0.1) is 5.92 Å². The van der Waals surface area contributed by atoms with Crippen LogP contribution in [0.1, 0.15) is 67.0 Å². The van der Waals surface area contributed by atoms with E-state index in [2.05, 4.69) is 57.7 Å². The van der Waals surface area contributed by atoms with E-state index in [1.807, 2.05) is 152 Å². The molecule has 0 unspecified atom stereocenters. The lowest BCUT2D eigenvalue weighted by molar-refractivity contribution is -0.138. The van der Waals surface area contributed by atoms with Gasteiger partial charge >= 0.3 is 5.97 Å². The van der Waals surface area contributed by atoms with Gasteiger partial charge in [0, 0.05) is 5.75 Å². The lowest BCUT2D eigenvalue weighted by atomic mass is 9.84. The van der Waals surface area contributed by atoms with E-state index < -0.39 is 75.8 Å². The molecule has 0 heterocycles. The number of amides is 4. The summed E-state index contributed by atoms with van der Waals surface area (Å²) in [4.78, 5) is 66.3. The Balaban J connectivity index is 1.15. The molecule has 6 aromatic carbocycles. The second-order valence-electron chi connectivity index (χ2n) is 17.4. The number of aliphatic carboxylic acids is 1. The summed E-state index contributed by atoms with van der Waals surface area (Å²) in [5.74, 6) is -3.59. The Morgan fingerprint density at radius 1 is 0.535 bits per heavy atom. The largest absolute Gasteiger partial charge is 0.480 e. The second kappa shape index (κ2) is 26.3. The molecule has 11 nitrogen and oxygen atoms in total. The van der Waals surface area contributed by atoms with Crippen molar-refractivity contribution in [3.05, 3.63) is 228 Å². The molecule has 13 heteroatoms. The van der Waals surface area contributed by atoms with Crippen LogP contribution in [-0.2, 0) is 33.5 Å². The van der Waals surface area contributed by atoms with Crippen molar-refractivity contribution >= 4 is 53.1 Å². The Morgan fingerprint density at radius 2 is 0.930 bits per heavy atom. The van der Waals surface area contributed by atoms with E-state index in [9.17, 15) is 34.2 Å². The number of aliphatic hydroxyl groups is 1. The van der Waals surface area contributed by atoms with Crippen molar-refractivity contribution in [2.75, 3.05) is 18.1 Å². The van der Waals surface area contributed by atoms with E-state index >= 15 is 0 Å². The number of hydrogen-bond donors (Lipinski definition) is 6. The number of nitrogens with one attached hydrogen (secondary N) is 4. The standard InChI is InChI=1S/C58H62N4O7S2/c1-41(2)53(56(69)59-39-52(65)66)62-55(68)50(40-71-58(46-30-16-7-17-31-46,47-32-18-8-19-33-47)48-34-20-9-21-35-48)61-54(67)42(3)60-51(64)38-49(63)36-22-23-37-70-57(43-24-10-4-11-25-43,44-26-12-5-13-27-44)45-28-14-6-15-29-45/h4-22,24-36,41-42,49-50,53,63H,23,37-40H2,1-3H3,(H,59,69)(H,60,64)(H,61,67)(H,62,68)(H,65,66)/t42-,49-,50-,53-/m1/s1. The van der Waals surface area contributed by atoms with Crippen molar-refractivity contribution < 1.29 is 34.2 Å². The average Bonchev–Trinajstić information content (AvgIpc) is 3.39. The zero-order valence-corrected chi connectivity index (χ0v) is 41.8. The molecule has 6 N–H and O–H groups in total. The molecule has 0 aliphatic carbocycles. The van der Waals surface area contributed by atoms with Gasteiger partial charge in [-0.1, -0.05) is 208 Å². The molecule has 0 aromatic heterocycles. The topological polar surface area (TPSA) is 174 Å². The minimum atomic E-state index is -1.24. The van der Waals surface area contributed by atoms with Crippen molar-refractivity contribution in [2.45, 2.75) is 67.3 Å².